The maximum Gasteiger partial charge on any atom is 0.390 e. The second-order valence-corrected chi connectivity index (χ2v) is 7.01. The molecule has 9 heteroatoms. The van der Waals surface area contributed by atoms with Crippen molar-refractivity contribution in [3.63, 3.8) is 0 Å². The third kappa shape index (κ3) is 2.65. The monoisotopic (exact) mass is 343 g/mol. The third-order valence-corrected chi connectivity index (χ3v) is 4.46. The largest absolute Gasteiger partial charge is 0.444 e. The topological polar surface area (TPSA) is 137 Å². The van der Waals surface area contributed by atoms with Crippen LogP contribution >= 0.6 is 0 Å². The minimum Gasteiger partial charge on any atom is -0.444 e. The predicted molar refractivity (Wildman–Crippen MR) is 85.6 cm³/mol. The van der Waals surface area contributed by atoms with E-state index >= 15 is 0 Å². The summed E-state index contributed by atoms with van der Waals surface area (Å²) in [6, 6.07) is 3.24. The van der Waals surface area contributed by atoms with E-state index in [1.165, 1.54) is 17.8 Å². The zero-order valence-electron chi connectivity index (χ0n) is 14.1. The Kier molecular flexibility index (Phi) is 3.64. The van der Waals surface area contributed by atoms with Crippen molar-refractivity contribution >= 4 is 11.6 Å². The minimum absolute atomic E-state index is 0.0599. The van der Waals surface area contributed by atoms with Crippen LogP contribution in [0.3, 0.4) is 0 Å². The molecule has 0 aromatic carbocycles. The quantitative estimate of drug-likeness (QED) is 0.638. The van der Waals surface area contributed by atoms with Gasteiger partial charge >= 0.3 is 5.82 Å². The summed E-state index contributed by atoms with van der Waals surface area (Å²) < 4.78 is 6.88. The molecule has 3 rings (SSSR count). The minimum atomic E-state index is -0.816. The summed E-state index contributed by atoms with van der Waals surface area (Å²) >= 11 is 0. The smallest absolute Gasteiger partial charge is 0.390 e. The Hall–Kier alpha value is -3.15. The number of nitriles is 1. The van der Waals surface area contributed by atoms with Crippen LogP contribution in [0.5, 0.6) is 0 Å². The number of ether oxygens (including phenoxy) is 1. The van der Waals surface area contributed by atoms with Crippen molar-refractivity contribution in [1.29, 1.82) is 5.26 Å². The highest BCUT2D eigenvalue weighted by Gasteiger charge is 2.44. The van der Waals surface area contributed by atoms with Crippen molar-refractivity contribution in [2.75, 3.05) is 0 Å². The van der Waals surface area contributed by atoms with E-state index in [0.717, 1.165) is 0 Å². The van der Waals surface area contributed by atoms with Crippen molar-refractivity contribution in [1.82, 2.24) is 9.78 Å². The fourth-order valence-corrected chi connectivity index (χ4v) is 3.41. The predicted octanol–water partition coefficient (Wildman–Crippen LogP) is 1.78. The van der Waals surface area contributed by atoms with Gasteiger partial charge in [-0.05, 0) is 10.3 Å². The van der Waals surface area contributed by atoms with Gasteiger partial charge in [0.05, 0.1) is 29.8 Å². The second-order valence-electron chi connectivity index (χ2n) is 7.01. The Labute approximate surface area is 143 Å². The number of carbonyl (C=O) groups excluding carboxylic acids is 1. The molecular weight excluding hydrogens is 326 g/mol. The van der Waals surface area contributed by atoms with E-state index in [1.54, 1.807) is 0 Å². The van der Waals surface area contributed by atoms with Crippen LogP contribution in [0, 0.1) is 26.9 Å². The molecular formula is C16H17N5O4. The highest BCUT2D eigenvalue weighted by molar-refractivity contribution is 5.99. The molecule has 2 aliphatic rings. The average Bonchev–Trinajstić information content (AvgIpc) is 2.86. The van der Waals surface area contributed by atoms with Crippen molar-refractivity contribution in [3.05, 3.63) is 44.7 Å². The first-order chi connectivity index (χ1) is 11.6. The first kappa shape index (κ1) is 16.7. The van der Waals surface area contributed by atoms with Gasteiger partial charge in [0.1, 0.15) is 17.4 Å². The van der Waals surface area contributed by atoms with Crippen LogP contribution in [0.2, 0.25) is 0 Å². The molecule has 9 nitrogen and oxygen atoms in total. The number of aryl methyl sites for hydroxylation is 1. The molecule has 0 spiro atoms. The number of allylic oxidation sites excluding steroid dienone is 3. The molecule has 1 atom stereocenters. The number of nitrogens with zero attached hydrogens (tertiary/aromatic N) is 4. The second kappa shape index (κ2) is 5.44. The summed E-state index contributed by atoms with van der Waals surface area (Å²) in [6.07, 6.45) is 0.786. The molecule has 1 aromatic heterocycles. The van der Waals surface area contributed by atoms with E-state index in [9.17, 15) is 20.2 Å². The first-order valence-electron chi connectivity index (χ1n) is 7.67. The molecule has 1 aliphatic carbocycles. The van der Waals surface area contributed by atoms with Crippen LogP contribution in [-0.4, -0.2) is 20.5 Å². The van der Waals surface area contributed by atoms with Crippen LogP contribution in [0.25, 0.3) is 0 Å². The number of carbonyl (C=O) groups is 1. The molecule has 1 aromatic rings. The fourth-order valence-electron chi connectivity index (χ4n) is 3.41. The molecule has 130 valence electrons. The molecule has 0 bridgehead atoms. The first-order valence-corrected chi connectivity index (χ1v) is 7.67. The van der Waals surface area contributed by atoms with Crippen LogP contribution in [0.15, 0.2) is 28.9 Å². The summed E-state index contributed by atoms with van der Waals surface area (Å²) in [5.74, 6) is -0.985. The van der Waals surface area contributed by atoms with E-state index < -0.39 is 10.8 Å². The Bertz CT molecular complexity index is 900. The van der Waals surface area contributed by atoms with Crippen molar-refractivity contribution < 1.29 is 14.5 Å². The normalized spacial score (nSPS) is 22.3. The number of hydrogen-bond acceptors (Lipinski definition) is 7. The summed E-state index contributed by atoms with van der Waals surface area (Å²) in [7, 11) is 1.53. The zero-order chi connectivity index (χ0) is 18.5. The van der Waals surface area contributed by atoms with Gasteiger partial charge in [-0.3, -0.25) is 4.79 Å². The van der Waals surface area contributed by atoms with Crippen molar-refractivity contribution in [3.8, 4) is 6.07 Å². The Morgan fingerprint density at radius 2 is 2.20 bits per heavy atom. The summed E-state index contributed by atoms with van der Waals surface area (Å²) in [5.41, 5.74) is 6.37. The molecule has 0 saturated heterocycles. The number of Topliss-reactive ketones (excluding diaryl/α,β-unsaturated/α-hetero) is 1. The van der Waals surface area contributed by atoms with Gasteiger partial charge in [0.15, 0.2) is 5.78 Å². The van der Waals surface area contributed by atoms with E-state index in [0.29, 0.717) is 29.9 Å². The Balaban J connectivity index is 2.21. The van der Waals surface area contributed by atoms with Crippen molar-refractivity contribution in [2.24, 2.45) is 18.2 Å². The molecule has 0 fully saturated rings. The number of rotatable bonds is 2. The van der Waals surface area contributed by atoms with Gasteiger partial charge < -0.3 is 20.6 Å². The van der Waals surface area contributed by atoms with Crippen LogP contribution in [0.1, 0.15) is 38.3 Å². The van der Waals surface area contributed by atoms with E-state index in [-0.39, 0.29) is 28.5 Å². The maximum absolute atomic E-state index is 12.8. The molecule has 2 heterocycles. The van der Waals surface area contributed by atoms with E-state index in [4.69, 9.17) is 10.5 Å². The van der Waals surface area contributed by atoms with Crippen LogP contribution in [0.4, 0.5) is 5.82 Å². The SMILES string of the molecule is Cn1nc([N+](=O)[O-])cc1[C@H]1C(C#N)=C(N)OC2=C1C(=O)CC(C)(C)C2. The maximum atomic E-state index is 12.8. The Morgan fingerprint density at radius 3 is 2.76 bits per heavy atom. The number of aromatic nitrogens is 2. The van der Waals surface area contributed by atoms with Gasteiger partial charge in [-0.25, -0.2) is 0 Å². The van der Waals surface area contributed by atoms with Gasteiger partial charge in [0, 0.05) is 18.4 Å². The number of nitro groups is 1. The summed E-state index contributed by atoms with van der Waals surface area (Å²) in [4.78, 5) is 23.2. The van der Waals surface area contributed by atoms with Gasteiger partial charge in [0.2, 0.25) is 5.88 Å². The fraction of sp³-hybridized carbons (Fsp3) is 0.438. The molecule has 0 unspecified atom stereocenters. The molecule has 2 N–H and O–H groups in total. The van der Waals surface area contributed by atoms with Gasteiger partial charge in [-0.15, -0.1) is 0 Å². The summed E-state index contributed by atoms with van der Waals surface area (Å²) in [5, 5.41) is 24.4. The number of hydrogen-bond donors (Lipinski definition) is 1. The standard InChI is InChI=1S/C16H17N5O4/c1-16(2)5-10(22)14-11(6-16)25-15(18)8(7-17)13(14)9-4-12(21(23)24)19-20(9)3/h4,13H,5-6,18H2,1-3H3/t13-/m1/s1. The lowest BCUT2D eigenvalue weighted by Crippen LogP contribution is -2.34. The average molecular weight is 343 g/mol. The zero-order valence-corrected chi connectivity index (χ0v) is 14.1. The molecule has 0 saturated carbocycles. The van der Waals surface area contributed by atoms with Crippen LogP contribution < -0.4 is 5.73 Å². The van der Waals surface area contributed by atoms with Gasteiger partial charge in [-0.1, -0.05) is 13.8 Å². The van der Waals surface area contributed by atoms with Crippen molar-refractivity contribution in [2.45, 2.75) is 32.6 Å². The third-order valence-electron chi connectivity index (χ3n) is 4.46. The number of nitrogens with two attached hydrogens (primary N) is 1. The van der Waals surface area contributed by atoms with E-state index in [1.807, 2.05) is 19.9 Å². The highest BCUT2D eigenvalue weighted by atomic mass is 16.6. The molecule has 0 amide bonds. The van der Waals surface area contributed by atoms with Crippen LogP contribution in [-0.2, 0) is 16.6 Å². The highest BCUT2D eigenvalue weighted by Crippen LogP contribution is 2.48. The van der Waals surface area contributed by atoms with Gasteiger partial charge in [-0.2, -0.15) is 9.94 Å². The summed E-state index contributed by atoms with van der Waals surface area (Å²) in [6.45, 7) is 3.89. The number of ketones is 1. The van der Waals surface area contributed by atoms with E-state index in [2.05, 4.69) is 5.10 Å². The molecule has 0 radical (unpaired) electrons. The molecule has 1 aliphatic heterocycles. The lowest BCUT2D eigenvalue weighted by Gasteiger charge is -2.36. The van der Waals surface area contributed by atoms with Gasteiger partial charge in [0.25, 0.3) is 0 Å². The lowest BCUT2D eigenvalue weighted by atomic mass is 9.71. The lowest BCUT2D eigenvalue weighted by molar-refractivity contribution is -0.389. The molecule has 25 heavy (non-hydrogen) atoms. The Morgan fingerprint density at radius 1 is 1.52 bits per heavy atom.